The summed E-state index contributed by atoms with van der Waals surface area (Å²) in [5.41, 5.74) is 3.34. The Labute approximate surface area is 319 Å². The summed E-state index contributed by atoms with van der Waals surface area (Å²) in [4.78, 5) is 52.4. The number of aromatic nitrogens is 3. The molecule has 1 atom stereocenters. The Balaban J connectivity index is 1.17. The highest BCUT2D eigenvalue weighted by Gasteiger charge is 2.36. The fourth-order valence-corrected chi connectivity index (χ4v) is 8.91. The van der Waals surface area contributed by atoms with Gasteiger partial charge in [-0.15, -0.1) is 11.3 Å². The van der Waals surface area contributed by atoms with Crippen molar-refractivity contribution >= 4 is 55.0 Å². The van der Waals surface area contributed by atoms with E-state index >= 15 is 0 Å². The van der Waals surface area contributed by atoms with Gasteiger partial charge in [-0.05, 0) is 76.9 Å². The third-order valence-electron chi connectivity index (χ3n) is 9.91. The van der Waals surface area contributed by atoms with Gasteiger partial charge in [0.25, 0.3) is 11.5 Å². The second-order valence-electron chi connectivity index (χ2n) is 13.9. The van der Waals surface area contributed by atoms with Gasteiger partial charge < -0.3 is 9.64 Å². The molecule has 0 radical (unpaired) electrons. The molecule has 1 aliphatic heterocycles. The number of carbonyl (C=O) groups is 2. The van der Waals surface area contributed by atoms with Crippen LogP contribution in [-0.4, -0.2) is 96.3 Å². The van der Waals surface area contributed by atoms with Crippen LogP contribution < -0.4 is 15.0 Å². The molecule has 6 rings (SSSR count). The third kappa shape index (κ3) is 8.90. The van der Waals surface area contributed by atoms with Gasteiger partial charge in [-0.25, -0.2) is 18.1 Å². The average molecular weight is 809 g/mol. The van der Waals surface area contributed by atoms with Gasteiger partial charge in [0.05, 0.1) is 40.8 Å². The van der Waals surface area contributed by atoms with E-state index in [0.29, 0.717) is 87.0 Å². The standard InChI is InChI=1S/C36H40ClF3N6O6S2/c1-20-15-26(32-31(41-20)28(18-53-32)33(47)43-54(4,50)51)25-16-23(37)5-8-30(25)52-14-13-46-21(2)42-29-7-6-24(17-27(29)35(46)49)44(3)34(48)22-9-11-45(12-10-22)19-36(38,39)40/h5,8,15-16,18,22,24H,6-7,9-14,17,19H2,1-4H3,(H,43,47). The Morgan fingerprint density at radius 2 is 1.83 bits per heavy atom. The maximum atomic E-state index is 13.9. The molecule has 1 aliphatic carbocycles. The van der Waals surface area contributed by atoms with Crippen LogP contribution in [0.1, 0.15) is 52.4 Å². The minimum absolute atomic E-state index is 0.0877. The largest absolute Gasteiger partial charge is 0.491 e. The lowest BCUT2D eigenvalue weighted by Gasteiger charge is -2.37. The first kappa shape index (κ1) is 39.6. The molecule has 290 valence electrons. The number of amides is 2. The number of nitrogens with one attached hydrogen (secondary N) is 1. The van der Waals surface area contributed by atoms with Gasteiger partial charge in [-0.1, -0.05) is 11.6 Å². The number of alkyl halides is 3. The minimum Gasteiger partial charge on any atom is -0.491 e. The minimum atomic E-state index is -4.28. The number of likely N-dealkylation sites (N-methyl/N-ethyl adjacent to an activating group) is 1. The Hall–Kier alpha value is -4.06. The van der Waals surface area contributed by atoms with E-state index in [-0.39, 0.29) is 55.2 Å². The predicted octanol–water partition coefficient (Wildman–Crippen LogP) is 5.15. The number of nitrogens with zero attached hydrogens (tertiary/aromatic N) is 5. The lowest BCUT2D eigenvalue weighted by Crippen LogP contribution is -2.48. The number of carbonyl (C=O) groups excluding carboxylic acids is 2. The van der Waals surface area contributed by atoms with Crippen molar-refractivity contribution in [2.45, 2.75) is 64.7 Å². The highest BCUT2D eigenvalue weighted by molar-refractivity contribution is 7.89. The number of pyridine rings is 1. The molecule has 1 fully saturated rings. The smallest absolute Gasteiger partial charge is 0.401 e. The summed E-state index contributed by atoms with van der Waals surface area (Å²) in [5.74, 6) is -0.277. The van der Waals surface area contributed by atoms with Crippen LogP contribution in [0, 0.1) is 19.8 Å². The first-order valence-electron chi connectivity index (χ1n) is 17.4. The van der Waals surface area contributed by atoms with E-state index in [0.717, 1.165) is 6.26 Å². The first-order valence-corrected chi connectivity index (χ1v) is 20.5. The number of sulfonamides is 1. The highest BCUT2D eigenvalue weighted by atomic mass is 35.5. The molecule has 2 aliphatic rings. The molecule has 0 bridgehead atoms. The second-order valence-corrected chi connectivity index (χ2v) is 16.9. The van der Waals surface area contributed by atoms with Crippen LogP contribution >= 0.6 is 22.9 Å². The second kappa shape index (κ2) is 15.6. The number of halogens is 4. The van der Waals surface area contributed by atoms with Crippen molar-refractivity contribution in [1.29, 1.82) is 0 Å². The summed E-state index contributed by atoms with van der Waals surface area (Å²) in [6, 6.07) is 6.69. The van der Waals surface area contributed by atoms with E-state index < -0.39 is 28.7 Å². The van der Waals surface area contributed by atoms with Crippen LogP contribution in [-0.2, 0) is 34.2 Å². The third-order valence-corrected chi connectivity index (χ3v) is 11.7. The van der Waals surface area contributed by atoms with Crippen LogP contribution in [0.3, 0.4) is 0 Å². The Bertz CT molecular complexity index is 2270. The van der Waals surface area contributed by atoms with Gasteiger partial charge in [0.2, 0.25) is 15.9 Å². The number of likely N-dealkylation sites (tertiary alicyclic amines) is 1. The van der Waals surface area contributed by atoms with Gasteiger partial charge in [0, 0.05) is 58.2 Å². The van der Waals surface area contributed by atoms with Crippen LogP contribution in [0.15, 0.2) is 34.4 Å². The van der Waals surface area contributed by atoms with Gasteiger partial charge in [-0.3, -0.25) is 28.8 Å². The van der Waals surface area contributed by atoms with Crippen molar-refractivity contribution in [3.8, 4) is 16.9 Å². The van der Waals surface area contributed by atoms with Crippen LogP contribution in [0.5, 0.6) is 5.75 Å². The maximum absolute atomic E-state index is 13.9. The molecule has 1 saturated heterocycles. The number of thiophene rings is 1. The van der Waals surface area contributed by atoms with Crippen LogP contribution in [0.25, 0.3) is 21.3 Å². The molecule has 12 nitrogen and oxygen atoms in total. The molecular weight excluding hydrogens is 769 g/mol. The molecule has 4 heterocycles. The number of piperidine rings is 1. The fourth-order valence-electron chi connectivity index (χ4n) is 7.27. The molecule has 1 aromatic carbocycles. The van der Waals surface area contributed by atoms with Crippen molar-refractivity contribution in [2.75, 3.05) is 39.5 Å². The summed E-state index contributed by atoms with van der Waals surface area (Å²) in [6.07, 6.45) is -1.21. The molecule has 3 aromatic heterocycles. The van der Waals surface area contributed by atoms with E-state index in [4.69, 9.17) is 21.3 Å². The number of fused-ring (bicyclic) bond motifs is 2. The van der Waals surface area contributed by atoms with Crippen molar-refractivity contribution in [2.24, 2.45) is 5.92 Å². The predicted molar refractivity (Wildman–Crippen MR) is 200 cm³/mol. The molecular formula is C36H40ClF3N6O6S2. The van der Waals surface area contributed by atoms with E-state index in [1.54, 1.807) is 53.9 Å². The molecule has 0 saturated carbocycles. The zero-order valence-corrected chi connectivity index (χ0v) is 32.5. The van der Waals surface area contributed by atoms with E-state index in [1.807, 2.05) is 10.8 Å². The summed E-state index contributed by atoms with van der Waals surface area (Å²) < 4.78 is 72.4. The van der Waals surface area contributed by atoms with Gasteiger partial charge in [0.15, 0.2) is 0 Å². The quantitative estimate of drug-likeness (QED) is 0.230. The van der Waals surface area contributed by atoms with Crippen molar-refractivity contribution < 1.29 is 35.9 Å². The Morgan fingerprint density at radius 3 is 2.52 bits per heavy atom. The van der Waals surface area contributed by atoms with Crippen LogP contribution in [0.2, 0.25) is 5.02 Å². The van der Waals surface area contributed by atoms with Crippen molar-refractivity contribution in [1.82, 2.24) is 29.1 Å². The van der Waals surface area contributed by atoms with E-state index in [9.17, 15) is 36.0 Å². The number of benzene rings is 1. The molecule has 4 aromatic rings. The molecule has 18 heteroatoms. The van der Waals surface area contributed by atoms with Crippen LogP contribution in [0.4, 0.5) is 13.2 Å². The fraction of sp³-hybridized carbons (Fsp3) is 0.472. The Morgan fingerprint density at radius 1 is 1.11 bits per heavy atom. The summed E-state index contributed by atoms with van der Waals surface area (Å²) in [5, 5.41) is 1.98. The maximum Gasteiger partial charge on any atom is 0.401 e. The van der Waals surface area contributed by atoms with Gasteiger partial charge in [-0.2, -0.15) is 13.2 Å². The highest BCUT2D eigenvalue weighted by Crippen LogP contribution is 2.40. The molecule has 1 N–H and O–H groups in total. The van der Waals surface area contributed by atoms with Gasteiger partial charge in [0.1, 0.15) is 18.2 Å². The zero-order chi connectivity index (χ0) is 39.1. The number of rotatable bonds is 10. The molecule has 0 spiro atoms. The van der Waals surface area contributed by atoms with E-state index in [1.165, 1.54) is 16.2 Å². The number of hydrogen-bond acceptors (Lipinski definition) is 10. The van der Waals surface area contributed by atoms with Gasteiger partial charge >= 0.3 is 6.18 Å². The molecule has 1 unspecified atom stereocenters. The number of aryl methyl sites for hydroxylation is 3. The van der Waals surface area contributed by atoms with Crippen molar-refractivity contribution in [3.63, 3.8) is 0 Å². The average Bonchev–Trinajstić information content (AvgIpc) is 3.52. The Kier molecular flexibility index (Phi) is 11.4. The number of hydrogen-bond donors (Lipinski definition) is 1. The summed E-state index contributed by atoms with van der Waals surface area (Å²) >= 11 is 7.66. The van der Waals surface area contributed by atoms with Crippen molar-refractivity contribution in [3.05, 3.63) is 73.4 Å². The van der Waals surface area contributed by atoms with E-state index in [2.05, 4.69) is 4.98 Å². The number of ether oxygens (including phenoxy) is 1. The normalized spacial score (nSPS) is 17.0. The topological polar surface area (TPSA) is 144 Å². The SMILES string of the molecule is Cc1cc(-c2cc(Cl)ccc2OCCn2c(C)nc3c(c2=O)CC(N(C)C(=O)C2CCN(CC(F)(F)F)CC2)CC3)c2scc(C(=O)NS(C)(=O)=O)c2n1. The summed E-state index contributed by atoms with van der Waals surface area (Å²) in [6.45, 7) is 3.21. The first-order chi connectivity index (χ1) is 25.4. The lowest BCUT2D eigenvalue weighted by molar-refractivity contribution is -0.151. The zero-order valence-electron chi connectivity index (χ0n) is 30.1. The summed E-state index contributed by atoms with van der Waals surface area (Å²) in [7, 11) is -2.09. The molecule has 2 amide bonds. The molecule has 54 heavy (non-hydrogen) atoms. The lowest BCUT2D eigenvalue weighted by atomic mass is 9.89. The monoisotopic (exact) mass is 808 g/mol.